The Balaban J connectivity index is 2.22. The molecule has 0 aromatic heterocycles. The summed E-state index contributed by atoms with van der Waals surface area (Å²) in [6.45, 7) is 2.42. The second-order valence-corrected chi connectivity index (χ2v) is 5.01. The molecule has 1 aromatic carbocycles. The highest BCUT2D eigenvalue weighted by Crippen LogP contribution is 2.26. The zero-order valence-electron chi connectivity index (χ0n) is 11.6. The number of hydrogen-bond acceptors (Lipinski definition) is 4. The lowest BCUT2D eigenvalue weighted by Crippen LogP contribution is -2.32. The molecule has 0 radical (unpaired) electrons. The second kappa shape index (κ2) is 6.93. The molecule has 106 valence electrons. The van der Waals surface area contributed by atoms with Crippen molar-refractivity contribution in [2.45, 2.75) is 26.2 Å². The van der Waals surface area contributed by atoms with Crippen LogP contribution in [0.25, 0.3) is 0 Å². The predicted octanol–water partition coefficient (Wildman–Crippen LogP) is 3.17. The van der Waals surface area contributed by atoms with E-state index >= 15 is 0 Å². The van der Waals surface area contributed by atoms with Crippen LogP contribution in [0.1, 0.15) is 25.3 Å². The molecule has 0 aliphatic carbocycles. The van der Waals surface area contributed by atoms with Gasteiger partial charge in [0.1, 0.15) is 6.54 Å². The smallest absolute Gasteiger partial charge is 0.307 e. The van der Waals surface area contributed by atoms with E-state index in [-0.39, 0.29) is 5.92 Å². The van der Waals surface area contributed by atoms with Crippen molar-refractivity contribution in [1.29, 1.82) is 0 Å². The van der Waals surface area contributed by atoms with E-state index in [1.54, 1.807) is 0 Å². The van der Waals surface area contributed by atoms with Crippen molar-refractivity contribution in [1.82, 2.24) is 0 Å². The van der Waals surface area contributed by atoms with Crippen LogP contribution >= 0.6 is 0 Å². The Bertz CT molecular complexity index is 511. The van der Waals surface area contributed by atoms with Crippen molar-refractivity contribution in [3.63, 3.8) is 0 Å². The molecule has 5 heteroatoms. The first-order valence-corrected chi connectivity index (χ1v) is 6.92. The molecule has 0 saturated carbocycles. The first kappa shape index (κ1) is 14.4. The van der Waals surface area contributed by atoms with Crippen molar-refractivity contribution in [2.75, 3.05) is 6.54 Å². The van der Waals surface area contributed by atoms with Crippen LogP contribution in [-0.4, -0.2) is 23.3 Å². The van der Waals surface area contributed by atoms with Crippen LogP contribution in [-0.2, 0) is 11.2 Å². The topological polar surface area (TPSA) is 74.4 Å². The highest BCUT2D eigenvalue weighted by atomic mass is 16.4. The van der Waals surface area contributed by atoms with Gasteiger partial charge in [-0.1, -0.05) is 43.7 Å². The van der Waals surface area contributed by atoms with Gasteiger partial charge in [-0.3, -0.25) is 4.79 Å². The number of carboxylic acids is 1. The van der Waals surface area contributed by atoms with E-state index in [0.29, 0.717) is 19.4 Å². The van der Waals surface area contributed by atoms with Gasteiger partial charge in [0, 0.05) is 5.92 Å². The molecule has 5 nitrogen and oxygen atoms in total. The highest BCUT2D eigenvalue weighted by Gasteiger charge is 2.32. The van der Waals surface area contributed by atoms with Crippen molar-refractivity contribution in [3.8, 4) is 0 Å². The van der Waals surface area contributed by atoms with Crippen LogP contribution in [0.4, 0.5) is 0 Å². The molecule has 0 spiro atoms. The van der Waals surface area contributed by atoms with E-state index in [2.05, 4.69) is 15.4 Å². The molecule has 0 unspecified atom stereocenters. The number of hydrogen-bond donors (Lipinski definition) is 1. The Morgan fingerprint density at radius 3 is 2.65 bits per heavy atom. The number of aliphatic carboxylic acids is 1. The molecule has 2 atom stereocenters. The molecule has 1 aliphatic heterocycles. The second-order valence-electron chi connectivity index (χ2n) is 5.01. The molecule has 0 amide bonds. The predicted molar refractivity (Wildman–Crippen MR) is 76.8 cm³/mol. The number of carboxylic acid groups (broad SMARTS) is 1. The van der Waals surface area contributed by atoms with Crippen LogP contribution in [0.2, 0.25) is 0 Å². The molecule has 0 fully saturated rings. The fraction of sp³-hybridized carbons (Fsp3) is 0.467. The van der Waals surface area contributed by atoms with Gasteiger partial charge in [0.2, 0.25) is 0 Å². The maximum Gasteiger partial charge on any atom is 0.307 e. The largest absolute Gasteiger partial charge is 0.481 e. The van der Waals surface area contributed by atoms with Crippen LogP contribution < -0.4 is 0 Å². The molecule has 1 aliphatic rings. The van der Waals surface area contributed by atoms with Crippen LogP contribution in [0, 0.1) is 11.8 Å². The summed E-state index contributed by atoms with van der Waals surface area (Å²) >= 11 is 0. The summed E-state index contributed by atoms with van der Waals surface area (Å²) in [4.78, 5) is 11.6. The summed E-state index contributed by atoms with van der Waals surface area (Å²) in [5, 5.41) is 21.0. The summed E-state index contributed by atoms with van der Waals surface area (Å²) < 4.78 is 0. The van der Waals surface area contributed by atoms with E-state index in [4.69, 9.17) is 0 Å². The van der Waals surface area contributed by atoms with Crippen LogP contribution in [0.5, 0.6) is 0 Å². The van der Waals surface area contributed by atoms with E-state index < -0.39 is 11.9 Å². The van der Waals surface area contributed by atoms with Gasteiger partial charge in [-0.05, 0) is 23.6 Å². The van der Waals surface area contributed by atoms with E-state index in [1.807, 2.05) is 37.3 Å². The minimum Gasteiger partial charge on any atom is -0.481 e. The van der Waals surface area contributed by atoms with Crippen molar-refractivity contribution in [2.24, 2.45) is 27.3 Å². The lowest BCUT2D eigenvalue weighted by Gasteiger charge is -2.23. The maximum absolute atomic E-state index is 11.6. The normalized spacial score (nSPS) is 16.8. The average Bonchev–Trinajstić information content (AvgIpc) is 2.97. The summed E-state index contributed by atoms with van der Waals surface area (Å²) in [5.74, 6) is -1.32. The average molecular weight is 273 g/mol. The highest BCUT2D eigenvalue weighted by molar-refractivity contribution is 5.92. The summed E-state index contributed by atoms with van der Waals surface area (Å²) in [5.41, 5.74) is 1.91. The lowest BCUT2D eigenvalue weighted by molar-refractivity contribution is -0.143. The van der Waals surface area contributed by atoms with Gasteiger partial charge in [-0.25, -0.2) is 0 Å². The van der Waals surface area contributed by atoms with Gasteiger partial charge in [-0.2, -0.15) is 5.11 Å². The Morgan fingerprint density at radius 1 is 1.35 bits per heavy atom. The van der Waals surface area contributed by atoms with Gasteiger partial charge in [0.25, 0.3) is 0 Å². The molecule has 1 aromatic rings. The van der Waals surface area contributed by atoms with Gasteiger partial charge < -0.3 is 5.11 Å². The number of carbonyl (C=O) groups is 1. The minimum atomic E-state index is -0.762. The SMILES string of the molecule is CCC[C@H](C(=O)O)[C@H](Cc1ccccc1)C1=NN=NC1. The molecule has 1 heterocycles. The standard InChI is InChI=1S/C15H19N3O2/c1-2-6-12(15(19)20)13(14-10-16-18-17-14)9-11-7-4-3-5-8-11/h3-5,7-8,12-13H,2,6,9-10H2,1H3,(H,19,20)/t12-,13-/m0/s1. The van der Waals surface area contributed by atoms with E-state index in [9.17, 15) is 9.90 Å². The molecule has 1 N–H and O–H groups in total. The maximum atomic E-state index is 11.6. The molecular formula is C15H19N3O2. The Labute approximate surface area is 118 Å². The van der Waals surface area contributed by atoms with E-state index in [0.717, 1.165) is 17.7 Å². The third-order valence-electron chi connectivity index (χ3n) is 3.60. The fourth-order valence-electron chi connectivity index (χ4n) is 2.58. The summed E-state index contributed by atoms with van der Waals surface area (Å²) in [6, 6.07) is 9.92. The Morgan fingerprint density at radius 2 is 2.10 bits per heavy atom. The number of rotatable bonds is 7. The first-order valence-electron chi connectivity index (χ1n) is 6.92. The van der Waals surface area contributed by atoms with Crippen LogP contribution in [0.3, 0.4) is 0 Å². The summed E-state index contributed by atoms with van der Waals surface area (Å²) in [7, 11) is 0. The minimum absolute atomic E-state index is 0.134. The zero-order valence-corrected chi connectivity index (χ0v) is 11.6. The van der Waals surface area contributed by atoms with Gasteiger partial charge in [0.05, 0.1) is 11.6 Å². The Kier molecular flexibility index (Phi) is 4.98. The summed E-state index contributed by atoms with van der Waals surface area (Å²) in [6.07, 6.45) is 2.15. The van der Waals surface area contributed by atoms with E-state index in [1.165, 1.54) is 0 Å². The lowest BCUT2D eigenvalue weighted by atomic mass is 9.80. The van der Waals surface area contributed by atoms with Crippen LogP contribution in [0.15, 0.2) is 45.8 Å². The quantitative estimate of drug-likeness (QED) is 0.828. The first-order chi connectivity index (χ1) is 9.72. The molecule has 20 heavy (non-hydrogen) atoms. The van der Waals surface area contributed by atoms with Crippen molar-refractivity contribution < 1.29 is 9.90 Å². The third kappa shape index (κ3) is 3.50. The number of nitrogens with zero attached hydrogens (tertiary/aromatic N) is 3. The zero-order chi connectivity index (χ0) is 14.4. The monoisotopic (exact) mass is 273 g/mol. The molecule has 2 rings (SSSR count). The molecular weight excluding hydrogens is 254 g/mol. The van der Waals surface area contributed by atoms with Gasteiger partial charge in [0.15, 0.2) is 0 Å². The van der Waals surface area contributed by atoms with Gasteiger partial charge in [-0.15, -0.1) is 5.10 Å². The van der Waals surface area contributed by atoms with Gasteiger partial charge >= 0.3 is 5.97 Å². The molecule has 0 bridgehead atoms. The fourth-order valence-corrected chi connectivity index (χ4v) is 2.58. The number of benzene rings is 1. The van der Waals surface area contributed by atoms with Crippen molar-refractivity contribution >= 4 is 11.7 Å². The molecule has 0 saturated heterocycles. The third-order valence-corrected chi connectivity index (χ3v) is 3.60. The van der Waals surface area contributed by atoms with Crippen molar-refractivity contribution in [3.05, 3.63) is 35.9 Å². The Hall–Kier alpha value is -2.04.